The Kier molecular flexibility index (Phi) is 10.8. The minimum atomic E-state index is -3.56. The zero-order chi connectivity index (χ0) is 35.1. The van der Waals surface area contributed by atoms with Crippen LogP contribution in [0.1, 0.15) is 18.9 Å². The summed E-state index contributed by atoms with van der Waals surface area (Å²) in [6, 6.07) is 0. The Bertz CT molecular complexity index is 1760. The number of aromatic nitrogens is 8. The van der Waals surface area contributed by atoms with Crippen LogP contribution in [0.2, 0.25) is 0 Å². The van der Waals surface area contributed by atoms with E-state index in [1.165, 1.54) is 34.4 Å². The van der Waals surface area contributed by atoms with E-state index < -0.39 is 62.4 Å². The van der Waals surface area contributed by atoms with Crippen LogP contribution in [0.4, 0.5) is 11.6 Å². The molecule has 6 heterocycles. The number of nitrogen functional groups attached to an aromatic ring is 2. The maximum absolute atomic E-state index is 10.6. The second-order valence-corrected chi connectivity index (χ2v) is 17.3. The van der Waals surface area contributed by atoms with Crippen molar-refractivity contribution in [1.82, 2.24) is 49.2 Å². The van der Waals surface area contributed by atoms with Gasteiger partial charge in [-0.1, -0.05) is 0 Å². The summed E-state index contributed by atoms with van der Waals surface area (Å²) in [5.74, 6) is 0.282. The highest BCUT2D eigenvalue weighted by Crippen LogP contribution is 2.41. The van der Waals surface area contributed by atoms with Gasteiger partial charge in [-0.15, -0.1) is 0 Å². The Morgan fingerprint density at radius 2 is 1.10 bits per heavy atom. The summed E-state index contributed by atoms with van der Waals surface area (Å²) >= 11 is 10.3. The van der Waals surface area contributed by atoms with Gasteiger partial charge in [-0.05, 0) is 30.0 Å². The van der Waals surface area contributed by atoms with Gasteiger partial charge in [0.25, 0.3) is 13.3 Å². The molecule has 26 heteroatoms. The molecule has 49 heavy (non-hydrogen) atoms. The number of rotatable bonds is 14. The molecule has 12 N–H and O–H groups in total. The smallest absolute Gasteiger partial charge is 0.258 e. The average Bonchev–Trinajstić information content (AvgIpc) is 3.81. The number of nitrogens with one attached hydrogen (secondary N) is 2. The molecule has 6 rings (SSSR count). The van der Waals surface area contributed by atoms with E-state index in [-0.39, 0.29) is 37.9 Å². The maximum atomic E-state index is 10.6. The van der Waals surface area contributed by atoms with E-state index in [2.05, 4.69) is 40.1 Å². The molecule has 0 saturated carbocycles. The summed E-state index contributed by atoms with van der Waals surface area (Å²) in [4.78, 5) is 45.4. The van der Waals surface area contributed by atoms with E-state index >= 15 is 0 Å². The van der Waals surface area contributed by atoms with Gasteiger partial charge in [0.1, 0.15) is 60.3 Å². The van der Waals surface area contributed by atoms with Crippen LogP contribution in [-0.2, 0) is 42.1 Å². The number of hydrogen-bond donors (Lipinski definition) is 10. The fourth-order valence-corrected chi connectivity index (χ4v) is 7.95. The lowest BCUT2D eigenvalue weighted by Crippen LogP contribution is -2.34. The normalized spacial score (nSPS) is 29.8. The molecule has 0 amide bonds. The monoisotopic (exact) mass is 764 g/mol. The summed E-state index contributed by atoms with van der Waals surface area (Å²) in [5, 5.41) is 47.7. The number of nitrogens with zero attached hydrogens (tertiary/aromatic N) is 8. The highest BCUT2D eigenvalue weighted by Gasteiger charge is 2.46. The van der Waals surface area contributed by atoms with Gasteiger partial charge in [0, 0.05) is 13.1 Å². The second kappa shape index (κ2) is 14.6. The average molecular weight is 765 g/mol. The lowest BCUT2D eigenvalue weighted by molar-refractivity contribution is -0.0476. The Balaban J connectivity index is 0.918. The Labute approximate surface area is 286 Å². The molecule has 268 valence electrons. The molecule has 4 aromatic heterocycles. The largest absolute Gasteiger partial charge is 0.387 e. The van der Waals surface area contributed by atoms with Crippen LogP contribution in [0.5, 0.6) is 0 Å². The van der Waals surface area contributed by atoms with E-state index in [1.807, 2.05) is 0 Å². The molecule has 2 aliphatic rings. The van der Waals surface area contributed by atoms with Crippen LogP contribution >= 0.6 is 13.3 Å². The van der Waals surface area contributed by atoms with Crippen molar-refractivity contribution in [1.29, 1.82) is 0 Å². The molecule has 2 fully saturated rings. The number of aliphatic hydroxyl groups excluding tert-OH is 4. The minimum absolute atomic E-state index is 0.141. The second-order valence-electron chi connectivity index (χ2n) is 11.1. The molecular formula is C23H34N12O10P2S2. The topological polar surface area (TPSA) is 322 Å². The van der Waals surface area contributed by atoms with Crippen molar-refractivity contribution >= 4 is 70.9 Å². The Morgan fingerprint density at radius 3 is 1.51 bits per heavy atom. The zero-order valence-electron chi connectivity index (χ0n) is 25.2. The first-order valence-electron chi connectivity index (χ1n) is 14.6. The molecule has 2 aliphatic heterocycles. The predicted octanol–water partition coefficient (Wildman–Crippen LogP) is -2.89. The maximum Gasteiger partial charge on any atom is 0.258 e. The number of ether oxygens (including phenoxy) is 2. The Hall–Kier alpha value is -2.48. The molecule has 2 saturated heterocycles. The van der Waals surface area contributed by atoms with Gasteiger partial charge in [-0.25, -0.2) is 40.1 Å². The van der Waals surface area contributed by atoms with Crippen molar-refractivity contribution in [2.45, 2.75) is 55.5 Å². The van der Waals surface area contributed by atoms with E-state index in [4.69, 9.17) is 53.6 Å². The first-order valence-corrected chi connectivity index (χ1v) is 19.9. The molecule has 10 atom stereocenters. The van der Waals surface area contributed by atoms with Crippen LogP contribution in [0.15, 0.2) is 25.3 Å². The van der Waals surface area contributed by atoms with E-state index in [1.54, 1.807) is 0 Å². The fraction of sp³-hybridized carbons (Fsp3) is 0.565. The quantitative estimate of drug-likeness (QED) is 0.0455. The van der Waals surface area contributed by atoms with Crippen LogP contribution in [0.3, 0.4) is 0 Å². The number of hydrogen-bond acceptors (Lipinski definition) is 18. The third kappa shape index (κ3) is 7.74. The van der Waals surface area contributed by atoms with Crippen molar-refractivity contribution in [2.75, 3.05) is 37.8 Å². The highest BCUT2D eigenvalue weighted by atomic mass is 32.5. The minimum Gasteiger partial charge on any atom is -0.387 e. The van der Waals surface area contributed by atoms with Crippen LogP contribution in [0, 0.1) is 0 Å². The van der Waals surface area contributed by atoms with E-state index in [9.17, 15) is 30.2 Å². The Morgan fingerprint density at radius 1 is 0.694 bits per heavy atom. The lowest BCUT2D eigenvalue weighted by atomic mass is 10.1. The summed E-state index contributed by atoms with van der Waals surface area (Å²) in [5.41, 5.74) is 12.8. The van der Waals surface area contributed by atoms with Gasteiger partial charge in [0.15, 0.2) is 35.4 Å². The fourth-order valence-electron chi connectivity index (χ4n) is 5.28. The van der Waals surface area contributed by atoms with Gasteiger partial charge in [0.05, 0.1) is 25.9 Å². The molecule has 0 radical (unpaired) electrons. The number of fused-ring (bicyclic) bond motifs is 2. The summed E-state index contributed by atoms with van der Waals surface area (Å²) in [7, 11) is 0. The van der Waals surface area contributed by atoms with E-state index in [0.717, 1.165) is 0 Å². The predicted molar refractivity (Wildman–Crippen MR) is 177 cm³/mol. The summed E-state index contributed by atoms with van der Waals surface area (Å²) in [6.45, 7) is -7.51. The first-order chi connectivity index (χ1) is 23.3. The van der Waals surface area contributed by atoms with Crippen LogP contribution in [-0.4, -0.2) is 132 Å². The summed E-state index contributed by atoms with van der Waals surface area (Å²) in [6.07, 6.45) is -4.23. The van der Waals surface area contributed by atoms with Crippen LogP contribution in [0.25, 0.3) is 22.3 Å². The van der Waals surface area contributed by atoms with Gasteiger partial charge in [-0.3, -0.25) is 9.13 Å². The lowest BCUT2D eigenvalue weighted by Gasteiger charge is -2.22. The van der Waals surface area contributed by atoms with Gasteiger partial charge >= 0.3 is 0 Å². The molecule has 4 unspecified atom stereocenters. The van der Waals surface area contributed by atoms with Crippen LogP contribution < -0.4 is 21.6 Å². The van der Waals surface area contributed by atoms with Crippen molar-refractivity contribution in [3.63, 3.8) is 0 Å². The van der Waals surface area contributed by atoms with E-state index in [0.29, 0.717) is 28.7 Å². The number of anilines is 2. The highest BCUT2D eigenvalue weighted by molar-refractivity contribution is 8.08. The number of aliphatic hydroxyl groups is 4. The standard InChI is InChI=1S/C23H34N12O10P2S2/c24-18-12-20(28-6-26-18)34(8-30-12)22-16(38)14(36)10(44-22)4-42-46(40,48)32-2-1-3-33-47(41,49)43-5-11-15(37)17(39)23(45-11)35-9-31-13-19(25)27-7-29-21(13)35/h6-11,14-17,22-23,36-39H,1-5H2,(H2,24,26,28)(H2,25,27,29)(H2,32,40,48)(H2,33,41,49)/t10-,11?,14-,15-,16-,17-,22?,23-,46?,47?/m1/s1. The first kappa shape index (κ1) is 36.3. The SMILES string of the molecule is Nc1ncnc2c1ncn2C1O[C@H](COP(O)(=S)NCCCNP(O)(=S)OCC2O[C@@H](n3cnc4c(N)ncnc43)[C@H](O)[C@@H]2O)[C@@H](O)[C@H]1O. The number of nitrogens with two attached hydrogens (primary N) is 2. The third-order valence-corrected chi connectivity index (χ3v) is 11.5. The number of imidazole rings is 2. The molecule has 4 aromatic rings. The molecule has 22 nitrogen and oxygen atoms in total. The van der Waals surface area contributed by atoms with Crippen molar-refractivity contribution in [3.8, 4) is 0 Å². The van der Waals surface area contributed by atoms with Gasteiger partial charge in [-0.2, -0.15) is 0 Å². The third-order valence-electron chi connectivity index (χ3n) is 7.80. The molecule has 0 spiro atoms. The van der Waals surface area contributed by atoms with Gasteiger partial charge < -0.3 is 60.2 Å². The van der Waals surface area contributed by atoms with Crippen molar-refractivity contribution < 1.29 is 48.7 Å². The zero-order valence-corrected chi connectivity index (χ0v) is 28.6. The molecule has 0 aromatic carbocycles. The van der Waals surface area contributed by atoms with Crippen molar-refractivity contribution in [2.24, 2.45) is 0 Å². The van der Waals surface area contributed by atoms with Gasteiger partial charge in [0.2, 0.25) is 0 Å². The molecule has 0 bridgehead atoms. The molecule has 0 aliphatic carbocycles. The van der Waals surface area contributed by atoms with Crippen molar-refractivity contribution in [3.05, 3.63) is 25.3 Å². The summed E-state index contributed by atoms with van der Waals surface area (Å²) < 4.78 is 25.3. The molecular weight excluding hydrogens is 730 g/mol.